The van der Waals surface area contributed by atoms with Crippen molar-refractivity contribution >= 4 is 23.2 Å². The van der Waals surface area contributed by atoms with Gasteiger partial charge in [0.05, 0.1) is 0 Å². The normalized spacial score (nSPS) is 23.1. The lowest BCUT2D eigenvalue weighted by molar-refractivity contribution is -0.132. The molecular formula is C18H26ClN3O. The van der Waals surface area contributed by atoms with Crippen molar-refractivity contribution in [1.82, 2.24) is 9.80 Å². The number of likely N-dealkylation sites (tertiary alicyclic amines) is 1. The van der Waals surface area contributed by atoms with Crippen molar-refractivity contribution in [2.24, 2.45) is 5.92 Å². The highest BCUT2D eigenvalue weighted by Crippen LogP contribution is 2.22. The Morgan fingerprint density at radius 3 is 2.70 bits per heavy atom. The number of hydrogen-bond donors (Lipinski definition) is 0. The molecule has 1 amide bonds. The molecule has 4 nitrogen and oxygen atoms in total. The molecule has 0 saturated carbocycles. The van der Waals surface area contributed by atoms with Crippen molar-refractivity contribution < 1.29 is 4.79 Å². The Kier molecular flexibility index (Phi) is 5.44. The van der Waals surface area contributed by atoms with Gasteiger partial charge >= 0.3 is 0 Å². The van der Waals surface area contributed by atoms with E-state index in [4.69, 9.17) is 11.6 Å². The maximum atomic E-state index is 12.5. The minimum Gasteiger partial charge on any atom is -0.368 e. The van der Waals surface area contributed by atoms with Crippen molar-refractivity contribution in [2.45, 2.75) is 19.3 Å². The molecule has 0 N–H and O–H groups in total. The van der Waals surface area contributed by atoms with Crippen LogP contribution in [0.4, 0.5) is 5.69 Å². The van der Waals surface area contributed by atoms with E-state index < -0.39 is 0 Å². The minimum absolute atomic E-state index is 0.330. The summed E-state index contributed by atoms with van der Waals surface area (Å²) >= 11 is 6.07. The van der Waals surface area contributed by atoms with E-state index in [1.807, 2.05) is 23.1 Å². The summed E-state index contributed by atoms with van der Waals surface area (Å²) in [6, 6.07) is 7.96. The summed E-state index contributed by atoms with van der Waals surface area (Å²) in [5.74, 6) is 0.864. The molecule has 0 radical (unpaired) electrons. The zero-order valence-electron chi connectivity index (χ0n) is 13.9. The largest absolute Gasteiger partial charge is 0.368 e. The highest BCUT2D eigenvalue weighted by molar-refractivity contribution is 6.30. The van der Waals surface area contributed by atoms with Gasteiger partial charge < -0.3 is 14.7 Å². The fourth-order valence-electron chi connectivity index (χ4n) is 3.70. The molecule has 2 aliphatic heterocycles. The maximum absolute atomic E-state index is 12.5. The third-order valence-electron chi connectivity index (χ3n) is 4.99. The molecule has 23 heavy (non-hydrogen) atoms. The standard InChI is InChI=1S/C18H26ClN3O/c1-20-7-3-4-15(14-20)12-18(23)22-10-8-21(9-11-22)17-6-2-5-16(19)13-17/h2,5-6,13,15H,3-4,7-12,14H2,1H3. The number of hydrogen-bond acceptors (Lipinski definition) is 3. The quantitative estimate of drug-likeness (QED) is 0.849. The maximum Gasteiger partial charge on any atom is 0.223 e. The molecule has 5 heteroatoms. The Balaban J connectivity index is 1.49. The smallest absolute Gasteiger partial charge is 0.223 e. The zero-order valence-corrected chi connectivity index (χ0v) is 14.6. The topological polar surface area (TPSA) is 26.8 Å². The molecule has 1 unspecified atom stereocenters. The summed E-state index contributed by atoms with van der Waals surface area (Å²) < 4.78 is 0. The van der Waals surface area contributed by atoms with Crippen molar-refractivity contribution in [2.75, 3.05) is 51.2 Å². The third kappa shape index (κ3) is 4.39. The fourth-order valence-corrected chi connectivity index (χ4v) is 3.89. The van der Waals surface area contributed by atoms with Gasteiger partial charge in [0.2, 0.25) is 5.91 Å². The second-order valence-corrected chi connectivity index (χ2v) is 7.26. The molecule has 1 atom stereocenters. The average molecular weight is 336 g/mol. The Bertz CT molecular complexity index is 543. The van der Waals surface area contributed by atoms with E-state index in [-0.39, 0.29) is 0 Å². The van der Waals surface area contributed by atoms with Crippen LogP contribution >= 0.6 is 11.6 Å². The predicted octanol–water partition coefficient (Wildman–Crippen LogP) is 2.72. The van der Waals surface area contributed by atoms with Gasteiger partial charge in [-0.15, -0.1) is 0 Å². The van der Waals surface area contributed by atoms with Crippen LogP contribution < -0.4 is 4.90 Å². The average Bonchev–Trinajstić information content (AvgIpc) is 2.55. The number of amides is 1. The number of piperidine rings is 1. The summed E-state index contributed by atoms with van der Waals surface area (Å²) in [5.41, 5.74) is 1.15. The first-order valence-corrected chi connectivity index (χ1v) is 8.96. The molecule has 2 saturated heterocycles. The van der Waals surface area contributed by atoms with Gasteiger partial charge in [-0.3, -0.25) is 4.79 Å². The number of carbonyl (C=O) groups is 1. The van der Waals surface area contributed by atoms with Gasteiger partial charge in [-0.1, -0.05) is 17.7 Å². The van der Waals surface area contributed by atoms with Gasteiger partial charge in [0.25, 0.3) is 0 Å². The van der Waals surface area contributed by atoms with E-state index in [0.29, 0.717) is 18.2 Å². The SMILES string of the molecule is CN1CCCC(CC(=O)N2CCN(c3cccc(Cl)c3)CC2)C1. The van der Waals surface area contributed by atoms with Crippen LogP contribution in [0.25, 0.3) is 0 Å². The molecule has 1 aromatic rings. The Hall–Kier alpha value is -1.26. The van der Waals surface area contributed by atoms with Crippen molar-refractivity contribution in [1.29, 1.82) is 0 Å². The van der Waals surface area contributed by atoms with Crippen LogP contribution in [0.3, 0.4) is 0 Å². The Labute approximate surface area is 144 Å². The van der Waals surface area contributed by atoms with E-state index >= 15 is 0 Å². The van der Waals surface area contributed by atoms with Crippen LogP contribution in [0.5, 0.6) is 0 Å². The van der Waals surface area contributed by atoms with E-state index in [1.54, 1.807) is 0 Å². The van der Waals surface area contributed by atoms with Crippen LogP contribution in [-0.4, -0.2) is 62.0 Å². The number of nitrogens with zero attached hydrogens (tertiary/aromatic N) is 3. The summed E-state index contributed by atoms with van der Waals surface area (Å²) in [7, 11) is 2.15. The highest BCUT2D eigenvalue weighted by Gasteiger charge is 2.25. The highest BCUT2D eigenvalue weighted by atomic mass is 35.5. The lowest BCUT2D eigenvalue weighted by Crippen LogP contribution is -2.49. The Morgan fingerprint density at radius 2 is 2.00 bits per heavy atom. The van der Waals surface area contributed by atoms with Gasteiger partial charge in [0.15, 0.2) is 0 Å². The second-order valence-electron chi connectivity index (χ2n) is 6.82. The second kappa shape index (κ2) is 7.54. The lowest BCUT2D eigenvalue weighted by atomic mass is 9.94. The minimum atomic E-state index is 0.330. The van der Waals surface area contributed by atoms with Gasteiger partial charge in [0, 0.05) is 49.9 Å². The van der Waals surface area contributed by atoms with Gasteiger partial charge in [0.1, 0.15) is 0 Å². The molecular weight excluding hydrogens is 310 g/mol. The van der Waals surface area contributed by atoms with Gasteiger partial charge in [-0.2, -0.15) is 0 Å². The third-order valence-corrected chi connectivity index (χ3v) is 5.23. The first-order chi connectivity index (χ1) is 11.1. The first-order valence-electron chi connectivity index (χ1n) is 8.58. The predicted molar refractivity (Wildman–Crippen MR) is 95.1 cm³/mol. The molecule has 1 aromatic carbocycles. The summed E-state index contributed by atoms with van der Waals surface area (Å²) in [6.45, 7) is 5.63. The Morgan fingerprint density at radius 1 is 1.22 bits per heavy atom. The summed E-state index contributed by atoms with van der Waals surface area (Å²) in [4.78, 5) is 19.2. The van der Waals surface area contributed by atoms with E-state index in [1.165, 1.54) is 19.4 Å². The van der Waals surface area contributed by atoms with Crippen molar-refractivity contribution in [3.63, 3.8) is 0 Å². The van der Waals surface area contributed by atoms with Crippen LogP contribution in [0, 0.1) is 5.92 Å². The number of anilines is 1. The van der Waals surface area contributed by atoms with Crippen LogP contribution in [-0.2, 0) is 4.79 Å². The van der Waals surface area contributed by atoms with Crippen LogP contribution in [0.2, 0.25) is 5.02 Å². The van der Waals surface area contributed by atoms with Gasteiger partial charge in [-0.05, 0) is 50.6 Å². The molecule has 2 heterocycles. The fraction of sp³-hybridized carbons (Fsp3) is 0.611. The number of piperazine rings is 1. The summed E-state index contributed by atoms with van der Waals surface area (Å²) in [6.07, 6.45) is 3.12. The first kappa shape index (κ1) is 16.6. The van der Waals surface area contributed by atoms with E-state index in [9.17, 15) is 4.79 Å². The summed E-state index contributed by atoms with van der Waals surface area (Å²) in [5, 5.41) is 0.766. The number of carbonyl (C=O) groups excluding carboxylic acids is 1. The number of benzene rings is 1. The molecule has 2 fully saturated rings. The molecule has 0 spiro atoms. The van der Waals surface area contributed by atoms with Crippen molar-refractivity contribution in [3.05, 3.63) is 29.3 Å². The molecule has 3 rings (SSSR count). The number of rotatable bonds is 3. The van der Waals surface area contributed by atoms with E-state index in [2.05, 4.69) is 22.9 Å². The van der Waals surface area contributed by atoms with Gasteiger partial charge in [-0.25, -0.2) is 0 Å². The molecule has 2 aliphatic rings. The number of halogens is 1. The molecule has 0 bridgehead atoms. The molecule has 0 aromatic heterocycles. The molecule has 126 valence electrons. The van der Waals surface area contributed by atoms with E-state index in [0.717, 1.165) is 43.4 Å². The lowest BCUT2D eigenvalue weighted by Gasteiger charge is -2.37. The molecule has 0 aliphatic carbocycles. The van der Waals surface area contributed by atoms with Crippen molar-refractivity contribution in [3.8, 4) is 0 Å². The van der Waals surface area contributed by atoms with Crippen LogP contribution in [0.1, 0.15) is 19.3 Å². The van der Waals surface area contributed by atoms with Crippen LogP contribution in [0.15, 0.2) is 24.3 Å². The zero-order chi connectivity index (χ0) is 16.2. The monoisotopic (exact) mass is 335 g/mol.